The van der Waals surface area contributed by atoms with E-state index in [9.17, 15) is 4.79 Å². The van der Waals surface area contributed by atoms with Gasteiger partial charge in [-0.15, -0.1) is 6.58 Å². The third-order valence-electron chi connectivity index (χ3n) is 5.24. The molecule has 2 heterocycles. The molecule has 0 aliphatic carbocycles. The Labute approximate surface area is 161 Å². The summed E-state index contributed by atoms with van der Waals surface area (Å²) in [5.41, 5.74) is 1.14. The summed E-state index contributed by atoms with van der Waals surface area (Å²) in [6.07, 6.45) is 1.65. The van der Waals surface area contributed by atoms with Gasteiger partial charge in [0, 0.05) is 18.9 Å². The zero-order valence-electron chi connectivity index (χ0n) is 16.4. The van der Waals surface area contributed by atoms with Crippen LogP contribution in [0.4, 0.5) is 0 Å². The molecule has 0 unspecified atom stereocenters. The first-order chi connectivity index (χ1) is 12.9. The Bertz CT molecular complexity index is 641. The van der Waals surface area contributed by atoms with Gasteiger partial charge in [-0.05, 0) is 25.8 Å². The molecular formula is C22H30O5. The van der Waals surface area contributed by atoms with Gasteiger partial charge >= 0.3 is 0 Å². The van der Waals surface area contributed by atoms with E-state index in [0.717, 1.165) is 5.56 Å². The van der Waals surface area contributed by atoms with Crippen LogP contribution in [-0.2, 0) is 30.3 Å². The van der Waals surface area contributed by atoms with E-state index in [2.05, 4.69) is 6.58 Å². The van der Waals surface area contributed by atoms with Gasteiger partial charge in [0.2, 0.25) is 0 Å². The molecule has 0 spiro atoms. The summed E-state index contributed by atoms with van der Waals surface area (Å²) in [4.78, 5) is 12.5. The Balaban J connectivity index is 1.55. The van der Waals surface area contributed by atoms with Crippen LogP contribution in [0.15, 0.2) is 43.0 Å². The van der Waals surface area contributed by atoms with Gasteiger partial charge in [0.15, 0.2) is 5.79 Å². The smallest absolute Gasteiger partial charge is 0.164 e. The van der Waals surface area contributed by atoms with Crippen LogP contribution in [0, 0.1) is 5.92 Å². The summed E-state index contributed by atoms with van der Waals surface area (Å²) in [5.74, 6) is -0.637. The van der Waals surface area contributed by atoms with Crippen LogP contribution >= 0.6 is 0 Å². The summed E-state index contributed by atoms with van der Waals surface area (Å²) < 4.78 is 23.9. The molecule has 5 heteroatoms. The van der Waals surface area contributed by atoms with Crippen LogP contribution in [0.5, 0.6) is 0 Å². The molecule has 2 aliphatic heterocycles. The summed E-state index contributed by atoms with van der Waals surface area (Å²) in [6.45, 7) is 10.6. The van der Waals surface area contributed by atoms with Crippen molar-refractivity contribution in [3.63, 3.8) is 0 Å². The van der Waals surface area contributed by atoms with Gasteiger partial charge in [-0.3, -0.25) is 4.79 Å². The summed E-state index contributed by atoms with van der Waals surface area (Å²) in [7, 11) is 0. The van der Waals surface area contributed by atoms with Crippen molar-refractivity contribution in [3.05, 3.63) is 48.6 Å². The quantitative estimate of drug-likeness (QED) is 0.538. The second-order valence-corrected chi connectivity index (χ2v) is 7.80. The molecule has 0 aromatic heterocycles. The number of hydrogen-bond donors (Lipinski definition) is 0. The minimum atomic E-state index is -0.701. The maximum Gasteiger partial charge on any atom is 0.164 e. The average Bonchev–Trinajstić information content (AvgIpc) is 2.97. The largest absolute Gasteiger partial charge is 0.377 e. The Kier molecular flexibility index (Phi) is 6.48. The van der Waals surface area contributed by atoms with E-state index in [4.69, 9.17) is 18.9 Å². The van der Waals surface area contributed by atoms with E-state index in [1.165, 1.54) is 0 Å². The predicted octanol–water partition coefficient (Wildman–Crippen LogP) is 3.66. The number of ether oxygens (including phenoxy) is 4. The topological polar surface area (TPSA) is 54.0 Å². The minimum Gasteiger partial charge on any atom is -0.377 e. The lowest BCUT2D eigenvalue weighted by Crippen LogP contribution is -2.48. The lowest BCUT2D eigenvalue weighted by atomic mass is 9.88. The Hall–Kier alpha value is -1.53. The van der Waals surface area contributed by atoms with Crippen molar-refractivity contribution in [1.82, 2.24) is 0 Å². The van der Waals surface area contributed by atoms with Crippen LogP contribution in [0.2, 0.25) is 0 Å². The monoisotopic (exact) mass is 374 g/mol. The molecule has 0 radical (unpaired) electrons. The van der Waals surface area contributed by atoms with Crippen molar-refractivity contribution in [2.45, 2.75) is 70.4 Å². The third-order valence-corrected chi connectivity index (χ3v) is 5.24. The number of carbonyl (C=O) groups is 1. The van der Waals surface area contributed by atoms with E-state index < -0.39 is 5.79 Å². The first kappa shape index (κ1) is 20.2. The van der Waals surface area contributed by atoms with Gasteiger partial charge in [0.1, 0.15) is 18.0 Å². The van der Waals surface area contributed by atoms with E-state index in [1.807, 2.05) is 51.1 Å². The van der Waals surface area contributed by atoms with Crippen molar-refractivity contribution in [1.29, 1.82) is 0 Å². The Morgan fingerprint density at radius 2 is 2.00 bits per heavy atom. The normalized spacial score (nSPS) is 33.1. The second-order valence-electron chi connectivity index (χ2n) is 7.80. The molecule has 1 aromatic rings. The first-order valence-electron chi connectivity index (χ1n) is 9.67. The summed E-state index contributed by atoms with van der Waals surface area (Å²) in [5, 5.41) is 0. The lowest BCUT2D eigenvalue weighted by molar-refractivity contribution is -0.182. The highest BCUT2D eigenvalue weighted by molar-refractivity contribution is 5.82. The maximum absolute atomic E-state index is 12.5. The van der Waals surface area contributed by atoms with Crippen molar-refractivity contribution in [3.8, 4) is 0 Å². The minimum absolute atomic E-state index is 0.140. The summed E-state index contributed by atoms with van der Waals surface area (Å²) in [6, 6.07) is 10.0. The third kappa shape index (κ3) is 5.05. The molecule has 0 N–H and O–H groups in total. The molecule has 148 valence electrons. The van der Waals surface area contributed by atoms with E-state index in [0.29, 0.717) is 26.1 Å². The molecule has 2 aliphatic rings. The van der Waals surface area contributed by atoms with E-state index in [1.54, 1.807) is 6.08 Å². The highest BCUT2D eigenvalue weighted by Gasteiger charge is 2.48. The van der Waals surface area contributed by atoms with Crippen LogP contribution in [-0.4, -0.2) is 42.6 Å². The molecule has 5 atom stereocenters. The molecule has 0 saturated carbocycles. The molecular weight excluding hydrogens is 344 g/mol. The molecule has 1 aromatic carbocycles. The molecule has 3 rings (SSSR count). The van der Waals surface area contributed by atoms with Crippen molar-refractivity contribution in [2.24, 2.45) is 5.92 Å². The SMILES string of the molecule is C=C[C@H]1OC(C)(C)O[C@@H]1[C@H]1CC(=O)[C@@H](C)[C@@H](CCOCc2ccccc2)O1. The van der Waals surface area contributed by atoms with Crippen LogP contribution in [0.25, 0.3) is 0 Å². The Morgan fingerprint density at radius 1 is 1.26 bits per heavy atom. The fraction of sp³-hybridized carbons (Fsp3) is 0.591. The zero-order chi connectivity index (χ0) is 19.4. The van der Waals surface area contributed by atoms with Gasteiger partial charge in [-0.25, -0.2) is 0 Å². The average molecular weight is 374 g/mol. The fourth-order valence-corrected chi connectivity index (χ4v) is 3.74. The number of ketones is 1. The van der Waals surface area contributed by atoms with Crippen LogP contribution in [0.1, 0.15) is 39.2 Å². The molecule has 2 fully saturated rings. The molecule has 27 heavy (non-hydrogen) atoms. The van der Waals surface area contributed by atoms with Crippen LogP contribution < -0.4 is 0 Å². The number of Topliss-reactive ketones (excluding diaryl/α,β-unsaturated/α-hetero) is 1. The molecule has 5 nitrogen and oxygen atoms in total. The maximum atomic E-state index is 12.5. The number of rotatable bonds is 7. The standard InChI is InChI=1S/C22H30O5/c1-5-18-21(27-22(3,4)26-18)20-13-17(23)15(2)19(25-20)11-12-24-14-16-9-7-6-8-10-16/h5-10,15,18-21H,1,11-14H2,2-4H3/t15-,18-,19-,20-,21+/m1/s1. The van der Waals surface area contributed by atoms with E-state index >= 15 is 0 Å². The van der Waals surface area contributed by atoms with Gasteiger partial charge < -0.3 is 18.9 Å². The highest BCUT2D eigenvalue weighted by Crippen LogP contribution is 2.36. The zero-order valence-corrected chi connectivity index (χ0v) is 16.4. The fourth-order valence-electron chi connectivity index (χ4n) is 3.74. The van der Waals surface area contributed by atoms with Crippen molar-refractivity contribution >= 4 is 5.78 Å². The van der Waals surface area contributed by atoms with Gasteiger partial charge in [-0.1, -0.05) is 43.3 Å². The van der Waals surface area contributed by atoms with E-state index in [-0.39, 0.29) is 36.1 Å². The number of hydrogen-bond acceptors (Lipinski definition) is 5. The van der Waals surface area contributed by atoms with Gasteiger partial charge in [0.25, 0.3) is 0 Å². The second kappa shape index (κ2) is 8.65. The Morgan fingerprint density at radius 3 is 2.70 bits per heavy atom. The predicted molar refractivity (Wildman–Crippen MR) is 102 cm³/mol. The first-order valence-corrected chi connectivity index (χ1v) is 9.67. The number of carbonyl (C=O) groups excluding carboxylic acids is 1. The van der Waals surface area contributed by atoms with Crippen molar-refractivity contribution < 1.29 is 23.7 Å². The lowest BCUT2D eigenvalue weighted by Gasteiger charge is -2.37. The van der Waals surface area contributed by atoms with Gasteiger partial charge in [-0.2, -0.15) is 0 Å². The molecule has 2 saturated heterocycles. The molecule has 0 amide bonds. The van der Waals surface area contributed by atoms with Crippen LogP contribution in [0.3, 0.4) is 0 Å². The highest BCUT2D eigenvalue weighted by atomic mass is 16.8. The summed E-state index contributed by atoms with van der Waals surface area (Å²) >= 11 is 0. The molecule has 0 bridgehead atoms. The number of benzene rings is 1. The van der Waals surface area contributed by atoms with Crippen molar-refractivity contribution in [2.75, 3.05) is 6.61 Å². The van der Waals surface area contributed by atoms with Gasteiger partial charge in [0.05, 0.1) is 18.8 Å².